The van der Waals surface area contributed by atoms with E-state index in [0.717, 1.165) is 32.6 Å². The highest BCUT2D eigenvalue weighted by atomic mass is 15.3. The number of nitrogens with zero attached hydrogens (tertiary/aromatic N) is 2. The summed E-state index contributed by atoms with van der Waals surface area (Å²) in [5.74, 6) is 0. The Kier molecular flexibility index (Phi) is 3.98. The van der Waals surface area contributed by atoms with E-state index in [4.69, 9.17) is 5.73 Å². The molecule has 1 heterocycles. The van der Waals surface area contributed by atoms with E-state index in [0.29, 0.717) is 0 Å². The minimum absolute atomic E-state index is 0.286. The molecule has 0 radical (unpaired) electrons. The molecule has 2 N–H and O–H groups in total. The number of benzene rings is 2. The lowest BCUT2D eigenvalue weighted by atomic mass is 9.95. The summed E-state index contributed by atoms with van der Waals surface area (Å²) < 4.78 is 0. The van der Waals surface area contributed by atoms with Gasteiger partial charge in [0.15, 0.2) is 0 Å². The lowest BCUT2D eigenvalue weighted by Crippen LogP contribution is -2.60. The van der Waals surface area contributed by atoms with Gasteiger partial charge in [0.05, 0.1) is 5.66 Å². The van der Waals surface area contributed by atoms with Gasteiger partial charge in [0.1, 0.15) is 0 Å². The normalized spacial score (nSPS) is 20.5. The average Bonchev–Trinajstić information content (AvgIpc) is 2.48. The largest absolute Gasteiger partial charge is 0.313 e. The van der Waals surface area contributed by atoms with Crippen molar-refractivity contribution in [3.05, 3.63) is 48.0 Å². The van der Waals surface area contributed by atoms with Crippen molar-refractivity contribution in [3.8, 4) is 0 Å². The minimum Gasteiger partial charge on any atom is -0.313 e. The highest BCUT2D eigenvalue weighted by Crippen LogP contribution is 2.24. The second-order valence-corrected chi connectivity index (χ2v) is 6.46. The number of rotatable bonds is 3. The van der Waals surface area contributed by atoms with Crippen molar-refractivity contribution in [2.45, 2.75) is 19.0 Å². The Balaban J connectivity index is 1.83. The van der Waals surface area contributed by atoms with Crippen molar-refractivity contribution >= 4 is 10.8 Å². The standard InChI is InChI=1S/C18H25N3/c1-18(19,21-12-10-20(2)11-13-21)14-16-8-5-7-15-6-3-4-9-17(15)16/h3-9H,10-14,19H2,1-2H3. The van der Waals surface area contributed by atoms with Crippen LogP contribution in [0.2, 0.25) is 0 Å². The van der Waals surface area contributed by atoms with Crippen LogP contribution in [0.1, 0.15) is 12.5 Å². The monoisotopic (exact) mass is 283 g/mol. The molecule has 3 nitrogen and oxygen atoms in total. The van der Waals surface area contributed by atoms with Gasteiger partial charge < -0.3 is 10.6 Å². The number of fused-ring (bicyclic) bond motifs is 1. The topological polar surface area (TPSA) is 32.5 Å². The third kappa shape index (κ3) is 3.10. The molecule has 3 rings (SSSR count). The number of hydrogen-bond donors (Lipinski definition) is 1. The van der Waals surface area contributed by atoms with Crippen LogP contribution in [0.3, 0.4) is 0 Å². The fourth-order valence-electron chi connectivity index (χ4n) is 3.26. The molecule has 21 heavy (non-hydrogen) atoms. The van der Waals surface area contributed by atoms with Crippen LogP contribution in [-0.4, -0.2) is 48.7 Å². The van der Waals surface area contributed by atoms with Crippen molar-refractivity contribution in [2.24, 2.45) is 5.73 Å². The van der Waals surface area contributed by atoms with E-state index in [1.807, 2.05) is 0 Å². The molecule has 1 atom stereocenters. The molecule has 2 aromatic rings. The Morgan fingerprint density at radius 2 is 1.67 bits per heavy atom. The summed E-state index contributed by atoms with van der Waals surface area (Å²) in [6.45, 7) is 6.47. The molecule has 2 aromatic carbocycles. The van der Waals surface area contributed by atoms with Crippen LogP contribution in [0.25, 0.3) is 10.8 Å². The summed E-state index contributed by atoms with van der Waals surface area (Å²) in [6, 6.07) is 15.1. The van der Waals surface area contributed by atoms with Crippen LogP contribution in [0.5, 0.6) is 0 Å². The zero-order valence-corrected chi connectivity index (χ0v) is 13.0. The van der Waals surface area contributed by atoms with Crippen molar-refractivity contribution in [1.82, 2.24) is 9.80 Å². The zero-order valence-electron chi connectivity index (χ0n) is 13.0. The zero-order chi connectivity index (χ0) is 14.9. The SMILES string of the molecule is CN1CCN(C(C)(N)Cc2cccc3ccccc23)CC1. The maximum Gasteiger partial charge on any atom is 0.0700 e. The Morgan fingerprint density at radius 3 is 2.43 bits per heavy atom. The lowest BCUT2D eigenvalue weighted by molar-refractivity contribution is 0.0548. The predicted octanol–water partition coefficient (Wildman–Crippen LogP) is 2.30. The molecular formula is C18H25N3. The van der Waals surface area contributed by atoms with Gasteiger partial charge in [-0.3, -0.25) is 4.90 Å². The van der Waals surface area contributed by atoms with E-state index in [9.17, 15) is 0 Å². The van der Waals surface area contributed by atoms with Gasteiger partial charge in [0.2, 0.25) is 0 Å². The summed E-state index contributed by atoms with van der Waals surface area (Å²) in [5, 5.41) is 2.62. The van der Waals surface area contributed by atoms with E-state index < -0.39 is 0 Å². The Bertz CT molecular complexity index is 607. The van der Waals surface area contributed by atoms with Crippen molar-refractivity contribution in [2.75, 3.05) is 33.2 Å². The smallest absolute Gasteiger partial charge is 0.0700 e. The van der Waals surface area contributed by atoms with Crippen LogP contribution < -0.4 is 5.73 Å². The number of hydrogen-bond acceptors (Lipinski definition) is 3. The highest BCUT2D eigenvalue weighted by molar-refractivity contribution is 5.85. The quantitative estimate of drug-likeness (QED) is 0.938. The van der Waals surface area contributed by atoms with Crippen LogP contribution >= 0.6 is 0 Å². The number of likely N-dealkylation sites (N-methyl/N-ethyl adjacent to an activating group) is 1. The lowest BCUT2D eigenvalue weighted by Gasteiger charge is -2.43. The maximum atomic E-state index is 6.67. The van der Waals surface area contributed by atoms with Gasteiger partial charge in [-0.05, 0) is 30.3 Å². The van der Waals surface area contributed by atoms with E-state index in [1.54, 1.807) is 0 Å². The van der Waals surface area contributed by atoms with Gasteiger partial charge in [0, 0.05) is 32.6 Å². The third-order valence-corrected chi connectivity index (χ3v) is 4.65. The third-order valence-electron chi connectivity index (χ3n) is 4.65. The first kappa shape index (κ1) is 14.5. The first-order chi connectivity index (χ1) is 10.1. The maximum absolute atomic E-state index is 6.67. The van der Waals surface area contributed by atoms with E-state index >= 15 is 0 Å². The van der Waals surface area contributed by atoms with Crippen molar-refractivity contribution in [3.63, 3.8) is 0 Å². The highest BCUT2D eigenvalue weighted by Gasteiger charge is 2.30. The molecule has 0 saturated carbocycles. The molecule has 1 aliphatic heterocycles. The molecule has 0 amide bonds. The molecule has 0 spiro atoms. The molecular weight excluding hydrogens is 258 g/mol. The van der Waals surface area contributed by atoms with Gasteiger partial charge in [-0.15, -0.1) is 0 Å². The first-order valence-electron chi connectivity index (χ1n) is 7.75. The van der Waals surface area contributed by atoms with Gasteiger partial charge in [-0.2, -0.15) is 0 Å². The first-order valence-corrected chi connectivity index (χ1v) is 7.75. The van der Waals surface area contributed by atoms with E-state index in [-0.39, 0.29) is 5.66 Å². The molecule has 112 valence electrons. The minimum atomic E-state index is -0.286. The molecule has 1 fully saturated rings. The van der Waals surface area contributed by atoms with Gasteiger partial charge in [-0.1, -0.05) is 42.5 Å². The molecule has 1 aliphatic rings. The molecule has 0 aliphatic carbocycles. The molecule has 1 unspecified atom stereocenters. The fourth-order valence-corrected chi connectivity index (χ4v) is 3.26. The molecule has 3 heteroatoms. The molecule has 0 aromatic heterocycles. The van der Waals surface area contributed by atoms with Crippen LogP contribution in [-0.2, 0) is 6.42 Å². The predicted molar refractivity (Wildman–Crippen MR) is 89.3 cm³/mol. The number of nitrogens with two attached hydrogens (primary N) is 1. The van der Waals surface area contributed by atoms with Gasteiger partial charge in [0.25, 0.3) is 0 Å². The Hall–Kier alpha value is -1.42. The van der Waals surface area contributed by atoms with Crippen molar-refractivity contribution < 1.29 is 0 Å². The van der Waals surface area contributed by atoms with E-state index in [2.05, 4.69) is 66.2 Å². The van der Waals surface area contributed by atoms with Gasteiger partial charge in [-0.25, -0.2) is 0 Å². The van der Waals surface area contributed by atoms with Crippen molar-refractivity contribution in [1.29, 1.82) is 0 Å². The molecule has 1 saturated heterocycles. The van der Waals surface area contributed by atoms with Gasteiger partial charge >= 0.3 is 0 Å². The van der Waals surface area contributed by atoms with Crippen LogP contribution in [0.15, 0.2) is 42.5 Å². The number of piperazine rings is 1. The van der Waals surface area contributed by atoms with Crippen LogP contribution in [0, 0.1) is 0 Å². The van der Waals surface area contributed by atoms with E-state index in [1.165, 1.54) is 16.3 Å². The summed E-state index contributed by atoms with van der Waals surface area (Å²) >= 11 is 0. The Morgan fingerprint density at radius 1 is 1.00 bits per heavy atom. The Labute approximate surface area is 127 Å². The summed E-state index contributed by atoms with van der Waals surface area (Å²) in [7, 11) is 2.18. The fraction of sp³-hybridized carbons (Fsp3) is 0.444. The summed E-state index contributed by atoms with van der Waals surface area (Å²) in [6.07, 6.45) is 0.887. The molecule has 0 bridgehead atoms. The summed E-state index contributed by atoms with van der Waals surface area (Å²) in [5.41, 5.74) is 7.73. The average molecular weight is 283 g/mol. The summed E-state index contributed by atoms with van der Waals surface area (Å²) in [4.78, 5) is 4.79. The second kappa shape index (κ2) is 5.76. The van der Waals surface area contributed by atoms with Crippen LogP contribution in [0.4, 0.5) is 0 Å². The second-order valence-electron chi connectivity index (χ2n) is 6.46.